The Morgan fingerprint density at radius 3 is 2.44 bits per heavy atom. The average Bonchev–Trinajstić information content (AvgIpc) is 2.28. The minimum Gasteiger partial charge on any atom is -0.330 e. The van der Waals surface area contributed by atoms with Crippen molar-refractivity contribution in [2.75, 3.05) is 6.54 Å². The van der Waals surface area contributed by atoms with Gasteiger partial charge in [-0.2, -0.15) is 0 Å². The van der Waals surface area contributed by atoms with Crippen LogP contribution in [0.2, 0.25) is 0 Å². The summed E-state index contributed by atoms with van der Waals surface area (Å²) in [6, 6.07) is 7.53. The normalized spacial score (nSPS) is 12.8. The van der Waals surface area contributed by atoms with E-state index in [1.54, 1.807) is 6.07 Å². The summed E-state index contributed by atoms with van der Waals surface area (Å²) in [4.78, 5) is 0. The molecule has 0 aliphatic carbocycles. The SMILES string of the molecule is CCC(C)(C)c1cccc(CC(F)(F)CCN)c1. The highest BCUT2D eigenvalue weighted by molar-refractivity contribution is 5.29. The lowest BCUT2D eigenvalue weighted by molar-refractivity contribution is -0.00454. The van der Waals surface area contributed by atoms with Crippen LogP contribution >= 0.6 is 0 Å². The number of rotatable bonds is 6. The van der Waals surface area contributed by atoms with Gasteiger partial charge in [-0.3, -0.25) is 0 Å². The molecule has 0 saturated heterocycles. The fourth-order valence-electron chi connectivity index (χ4n) is 1.90. The van der Waals surface area contributed by atoms with Crippen molar-refractivity contribution in [3.05, 3.63) is 35.4 Å². The summed E-state index contributed by atoms with van der Waals surface area (Å²) in [5.41, 5.74) is 7.04. The Bertz CT molecular complexity index is 386. The molecule has 0 aliphatic heterocycles. The second-order valence-electron chi connectivity index (χ2n) is 5.51. The molecular formula is C15H23F2N. The van der Waals surface area contributed by atoms with E-state index in [1.165, 1.54) is 0 Å². The second-order valence-corrected chi connectivity index (χ2v) is 5.51. The van der Waals surface area contributed by atoms with Crippen LogP contribution in [-0.2, 0) is 11.8 Å². The van der Waals surface area contributed by atoms with Gasteiger partial charge in [0.05, 0.1) is 0 Å². The van der Waals surface area contributed by atoms with E-state index in [0.29, 0.717) is 5.56 Å². The second kappa shape index (κ2) is 5.79. The molecule has 0 spiro atoms. The Kier molecular flexibility index (Phi) is 4.85. The van der Waals surface area contributed by atoms with Crippen LogP contribution in [0.25, 0.3) is 0 Å². The minimum atomic E-state index is -2.70. The standard InChI is InChI=1S/C15H23F2N/c1-4-14(2,3)13-7-5-6-12(10-13)11-15(16,17)8-9-18/h5-7,10H,4,8-9,11,18H2,1-3H3. The van der Waals surface area contributed by atoms with Crippen molar-refractivity contribution in [1.29, 1.82) is 0 Å². The van der Waals surface area contributed by atoms with Crippen LogP contribution in [0.3, 0.4) is 0 Å². The Labute approximate surface area is 108 Å². The minimum absolute atomic E-state index is 0.0210. The van der Waals surface area contributed by atoms with Gasteiger partial charge in [0.15, 0.2) is 0 Å². The molecule has 1 aromatic carbocycles. The Morgan fingerprint density at radius 1 is 1.22 bits per heavy atom. The number of halogens is 2. The van der Waals surface area contributed by atoms with Crippen LogP contribution in [0.5, 0.6) is 0 Å². The maximum atomic E-state index is 13.5. The van der Waals surface area contributed by atoms with E-state index in [2.05, 4.69) is 20.8 Å². The zero-order chi connectivity index (χ0) is 13.8. The van der Waals surface area contributed by atoms with Gasteiger partial charge in [0, 0.05) is 12.8 Å². The topological polar surface area (TPSA) is 26.0 Å². The molecule has 0 saturated carbocycles. The van der Waals surface area contributed by atoms with E-state index >= 15 is 0 Å². The lowest BCUT2D eigenvalue weighted by atomic mass is 9.81. The van der Waals surface area contributed by atoms with Crippen molar-refractivity contribution in [1.82, 2.24) is 0 Å². The third-order valence-electron chi connectivity index (χ3n) is 3.57. The van der Waals surface area contributed by atoms with E-state index in [0.717, 1.165) is 12.0 Å². The lowest BCUT2D eigenvalue weighted by Gasteiger charge is -2.24. The largest absolute Gasteiger partial charge is 0.330 e. The number of hydrogen-bond donors (Lipinski definition) is 1. The maximum Gasteiger partial charge on any atom is 0.253 e. The van der Waals surface area contributed by atoms with Crippen LogP contribution in [0.15, 0.2) is 24.3 Å². The van der Waals surface area contributed by atoms with Gasteiger partial charge in [-0.25, -0.2) is 8.78 Å². The van der Waals surface area contributed by atoms with Crippen molar-refractivity contribution in [3.63, 3.8) is 0 Å². The summed E-state index contributed by atoms with van der Waals surface area (Å²) in [5.74, 6) is -2.70. The highest BCUT2D eigenvalue weighted by Crippen LogP contribution is 2.29. The number of hydrogen-bond acceptors (Lipinski definition) is 1. The van der Waals surface area contributed by atoms with Crippen LogP contribution in [0, 0.1) is 0 Å². The predicted molar refractivity (Wildman–Crippen MR) is 72.1 cm³/mol. The predicted octanol–water partition coefficient (Wildman–Crippen LogP) is 3.90. The van der Waals surface area contributed by atoms with Crippen LogP contribution in [0.1, 0.15) is 44.7 Å². The molecule has 0 unspecified atom stereocenters. The van der Waals surface area contributed by atoms with Crippen LogP contribution in [-0.4, -0.2) is 12.5 Å². The van der Waals surface area contributed by atoms with Gasteiger partial charge in [-0.15, -0.1) is 0 Å². The highest BCUT2D eigenvalue weighted by atomic mass is 19.3. The molecule has 0 amide bonds. The number of alkyl halides is 2. The van der Waals surface area contributed by atoms with E-state index in [-0.39, 0.29) is 24.8 Å². The Balaban J connectivity index is 2.89. The van der Waals surface area contributed by atoms with Crippen molar-refractivity contribution in [3.8, 4) is 0 Å². The summed E-state index contributed by atoms with van der Waals surface area (Å²) in [6.45, 7) is 6.39. The summed E-state index contributed by atoms with van der Waals surface area (Å²) < 4.78 is 27.1. The lowest BCUT2D eigenvalue weighted by Crippen LogP contribution is -2.24. The molecule has 3 heteroatoms. The molecule has 2 N–H and O–H groups in total. The molecule has 1 rings (SSSR count). The maximum absolute atomic E-state index is 13.5. The zero-order valence-electron chi connectivity index (χ0n) is 11.5. The molecule has 1 aromatic rings. The molecule has 0 fully saturated rings. The third kappa shape index (κ3) is 4.05. The third-order valence-corrected chi connectivity index (χ3v) is 3.57. The van der Waals surface area contributed by atoms with Gasteiger partial charge in [-0.05, 0) is 29.5 Å². The van der Waals surface area contributed by atoms with Crippen molar-refractivity contribution >= 4 is 0 Å². The molecular weight excluding hydrogens is 232 g/mol. The van der Waals surface area contributed by atoms with Crippen molar-refractivity contribution in [2.45, 2.75) is 51.4 Å². The molecule has 0 aliphatic rings. The smallest absolute Gasteiger partial charge is 0.253 e. The summed E-state index contributed by atoms with van der Waals surface area (Å²) in [7, 11) is 0. The van der Waals surface area contributed by atoms with Gasteiger partial charge in [0.2, 0.25) is 0 Å². The quantitative estimate of drug-likeness (QED) is 0.819. The van der Waals surface area contributed by atoms with Gasteiger partial charge >= 0.3 is 0 Å². The molecule has 18 heavy (non-hydrogen) atoms. The van der Waals surface area contributed by atoms with E-state index in [1.807, 2.05) is 18.2 Å². The zero-order valence-corrected chi connectivity index (χ0v) is 11.5. The number of benzene rings is 1. The molecule has 0 aromatic heterocycles. The van der Waals surface area contributed by atoms with E-state index in [4.69, 9.17) is 5.73 Å². The average molecular weight is 255 g/mol. The first kappa shape index (κ1) is 15.1. The molecule has 0 radical (unpaired) electrons. The van der Waals surface area contributed by atoms with Crippen LogP contribution < -0.4 is 5.73 Å². The van der Waals surface area contributed by atoms with Crippen LogP contribution in [0.4, 0.5) is 8.78 Å². The molecule has 0 atom stereocenters. The van der Waals surface area contributed by atoms with E-state index in [9.17, 15) is 8.78 Å². The Morgan fingerprint density at radius 2 is 1.89 bits per heavy atom. The monoisotopic (exact) mass is 255 g/mol. The van der Waals surface area contributed by atoms with Gasteiger partial charge < -0.3 is 5.73 Å². The first-order valence-electron chi connectivity index (χ1n) is 6.48. The number of nitrogens with two attached hydrogens (primary N) is 1. The molecule has 1 nitrogen and oxygen atoms in total. The van der Waals surface area contributed by atoms with Gasteiger partial charge in [0.25, 0.3) is 5.92 Å². The van der Waals surface area contributed by atoms with Gasteiger partial charge in [0.1, 0.15) is 0 Å². The summed E-state index contributed by atoms with van der Waals surface area (Å²) >= 11 is 0. The van der Waals surface area contributed by atoms with Gasteiger partial charge in [-0.1, -0.05) is 45.0 Å². The first-order valence-corrected chi connectivity index (χ1v) is 6.48. The first-order chi connectivity index (χ1) is 8.30. The highest BCUT2D eigenvalue weighted by Gasteiger charge is 2.28. The fraction of sp³-hybridized carbons (Fsp3) is 0.600. The summed E-state index contributed by atoms with van der Waals surface area (Å²) in [6.07, 6.45) is 0.502. The van der Waals surface area contributed by atoms with Crippen molar-refractivity contribution < 1.29 is 8.78 Å². The molecule has 102 valence electrons. The fourth-order valence-corrected chi connectivity index (χ4v) is 1.90. The molecule has 0 bridgehead atoms. The van der Waals surface area contributed by atoms with E-state index < -0.39 is 5.92 Å². The molecule has 0 heterocycles. The summed E-state index contributed by atoms with van der Waals surface area (Å²) in [5, 5.41) is 0. The van der Waals surface area contributed by atoms with Crippen molar-refractivity contribution in [2.24, 2.45) is 5.73 Å². The Hall–Kier alpha value is -0.960.